The molecule has 0 aliphatic carbocycles. The normalized spacial score (nSPS) is 9.71. The van der Waals surface area contributed by atoms with E-state index in [4.69, 9.17) is 10.5 Å². The second-order valence-electron chi connectivity index (χ2n) is 4.42. The van der Waals surface area contributed by atoms with Crippen molar-refractivity contribution >= 4 is 5.69 Å². The molecule has 104 valence electrons. The third kappa shape index (κ3) is 3.55. The van der Waals surface area contributed by atoms with Gasteiger partial charge in [-0.3, -0.25) is 0 Å². The number of nitriles is 2. The van der Waals surface area contributed by atoms with Gasteiger partial charge < -0.3 is 5.32 Å². The molecule has 0 aromatic heterocycles. The molecule has 0 saturated carbocycles. The van der Waals surface area contributed by atoms with E-state index in [-0.39, 0.29) is 17.7 Å². The molecule has 2 rings (SSSR count). The van der Waals surface area contributed by atoms with Gasteiger partial charge in [0.15, 0.2) is 0 Å². The van der Waals surface area contributed by atoms with Crippen LogP contribution in [0.3, 0.4) is 0 Å². The summed E-state index contributed by atoms with van der Waals surface area (Å²) in [6.45, 7) is -0.0268. The van der Waals surface area contributed by atoms with Crippen LogP contribution in [-0.4, -0.2) is 0 Å². The van der Waals surface area contributed by atoms with Gasteiger partial charge in [-0.15, -0.1) is 0 Å². The van der Waals surface area contributed by atoms with E-state index in [1.165, 1.54) is 0 Å². The van der Waals surface area contributed by atoms with Gasteiger partial charge >= 0.3 is 0 Å². The Hall–Kier alpha value is -2.92. The van der Waals surface area contributed by atoms with Crippen LogP contribution in [-0.2, 0) is 13.0 Å². The molecule has 0 aliphatic heterocycles. The lowest BCUT2D eigenvalue weighted by molar-refractivity contribution is 0.559. The number of nitrogens with one attached hydrogen (secondary N) is 1. The zero-order chi connectivity index (χ0) is 15.2. The predicted octanol–water partition coefficient (Wildman–Crippen LogP) is 3.51. The van der Waals surface area contributed by atoms with Crippen LogP contribution < -0.4 is 5.32 Å². The van der Waals surface area contributed by atoms with E-state index >= 15 is 0 Å². The number of benzene rings is 2. The molecule has 3 nitrogen and oxygen atoms in total. The first-order chi connectivity index (χ1) is 10.1. The fourth-order valence-corrected chi connectivity index (χ4v) is 1.86. The summed E-state index contributed by atoms with van der Waals surface area (Å²) >= 11 is 0. The van der Waals surface area contributed by atoms with Gasteiger partial charge in [0.25, 0.3) is 0 Å². The van der Waals surface area contributed by atoms with Crippen LogP contribution in [0, 0.1) is 34.3 Å². The van der Waals surface area contributed by atoms with Crippen LogP contribution in [0.25, 0.3) is 0 Å². The van der Waals surface area contributed by atoms with E-state index in [1.54, 1.807) is 30.3 Å². The second kappa shape index (κ2) is 6.49. The van der Waals surface area contributed by atoms with E-state index in [1.807, 2.05) is 6.07 Å². The number of hydrogen-bond donors (Lipinski definition) is 1. The maximum absolute atomic E-state index is 13.7. The van der Waals surface area contributed by atoms with E-state index in [2.05, 4.69) is 5.32 Å². The molecule has 0 aliphatic rings. The Morgan fingerprint density at radius 3 is 2.14 bits per heavy atom. The summed E-state index contributed by atoms with van der Waals surface area (Å²) in [6, 6.07) is 12.8. The molecule has 0 fully saturated rings. The van der Waals surface area contributed by atoms with Gasteiger partial charge in [0.05, 0.1) is 24.1 Å². The predicted molar refractivity (Wildman–Crippen MR) is 74.2 cm³/mol. The van der Waals surface area contributed by atoms with E-state index in [0.29, 0.717) is 12.1 Å². The van der Waals surface area contributed by atoms with E-state index in [9.17, 15) is 8.78 Å². The van der Waals surface area contributed by atoms with Crippen molar-refractivity contribution in [3.05, 3.63) is 64.7 Å². The fourth-order valence-electron chi connectivity index (χ4n) is 1.86. The molecule has 1 N–H and O–H groups in total. The first-order valence-corrected chi connectivity index (χ1v) is 6.22. The van der Waals surface area contributed by atoms with Crippen LogP contribution in [0.5, 0.6) is 0 Å². The molecular formula is C16H11F2N3. The highest BCUT2D eigenvalue weighted by Crippen LogP contribution is 2.17. The van der Waals surface area contributed by atoms with Crippen molar-refractivity contribution in [3.8, 4) is 12.1 Å². The molecule has 0 amide bonds. The van der Waals surface area contributed by atoms with Gasteiger partial charge in [-0.25, -0.2) is 8.78 Å². The third-order valence-corrected chi connectivity index (χ3v) is 2.98. The summed E-state index contributed by atoms with van der Waals surface area (Å²) in [4.78, 5) is 0. The van der Waals surface area contributed by atoms with Crippen molar-refractivity contribution in [2.24, 2.45) is 0 Å². The fraction of sp³-hybridized carbons (Fsp3) is 0.125. The van der Waals surface area contributed by atoms with E-state index in [0.717, 1.165) is 17.7 Å². The zero-order valence-corrected chi connectivity index (χ0v) is 11.0. The summed E-state index contributed by atoms with van der Waals surface area (Å²) in [5, 5.41) is 20.1. The number of hydrogen-bond acceptors (Lipinski definition) is 3. The molecule has 0 saturated heterocycles. The minimum Gasteiger partial charge on any atom is -0.381 e. The van der Waals surface area contributed by atoms with Crippen molar-refractivity contribution < 1.29 is 8.78 Å². The number of nitrogens with zero attached hydrogens (tertiary/aromatic N) is 2. The molecule has 2 aromatic rings. The van der Waals surface area contributed by atoms with Crippen LogP contribution in [0.4, 0.5) is 14.5 Å². The minimum absolute atomic E-state index is 0.0268. The lowest BCUT2D eigenvalue weighted by Crippen LogP contribution is -2.05. The summed E-state index contributed by atoms with van der Waals surface area (Å²) in [5.41, 5.74) is 1.41. The largest absolute Gasteiger partial charge is 0.381 e. The number of anilines is 1. The van der Waals surface area contributed by atoms with Gasteiger partial charge in [-0.05, 0) is 29.8 Å². The molecule has 0 bridgehead atoms. The summed E-state index contributed by atoms with van der Waals surface area (Å²) in [7, 11) is 0. The minimum atomic E-state index is -0.750. The van der Waals surface area contributed by atoms with Crippen molar-refractivity contribution in [1.82, 2.24) is 0 Å². The lowest BCUT2D eigenvalue weighted by atomic mass is 10.1. The molecule has 0 atom stereocenters. The highest BCUT2D eigenvalue weighted by Gasteiger charge is 2.11. The Bertz CT molecular complexity index is 702. The molecule has 0 radical (unpaired) electrons. The SMILES string of the molecule is N#CCc1ccc(NCc2c(F)cc(C#N)cc2F)cc1. The first kappa shape index (κ1) is 14.5. The Balaban J connectivity index is 2.10. The molecule has 0 heterocycles. The van der Waals surface area contributed by atoms with Crippen LogP contribution in [0.15, 0.2) is 36.4 Å². The molecule has 2 aromatic carbocycles. The van der Waals surface area contributed by atoms with Crippen LogP contribution >= 0.6 is 0 Å². The smallest absolute Gasteiger partial charge is 0.132 e. The average Bonchev–Trinajstić information content (AvgIpc) is 2.48. The standard InChI is InChI=1S/C16H11F2N3/c17-15-7-12(9-20)8-16(18)14(15)10-21-13-3-1-11(2-4-13)5-6-19/h1-4,7-8,21H,5,10H2. The van der Waals surface area contributed by atoms with Crippen LogP contribution in [0.1, 0.15) is 16.7 Å². The molecule has 5 heteroatoms. The van der Waals surface area contributed by atoms with Crippen molar-refractivity contribution in [2.75, 3.05) is 5.32 Å². The quantitative estimate of drug-likeness (QED) is 0.934. The number of halogens is 2. The van der Waals surface area contributed by atoms with Gasteiger partial charge in [0, 0.05) is 17.8 Å². The second-order valence-corrected chi connectivity index (χ2v) is 4.42. The van der Waals surface area contributed by atoms with Gasteiger partial charge in [0.1, 0.15) is 11.6 Å². The highest BCUT2D eigenvalue weighted by atomic mass is 19.1. The maximum Gasteiger partial charge on any atom is 0.132 e. The summed E-state index contributed by atoms with van der Waals surface area (Å²) in [5.74, 6) is -1.50. The first-order valence-electron chi connectivity index (χ1n) is 6.22. The Kier molecular flexibility index (Phi) is 4.48. The molecular weight excluding hydrogens is 272 g/mol. The molecule has 0 unspecified atom stereocenters. The van der Waals surface area contributed by atoms with Crippen molar-refractivity contribution in [2.45, 2.75) is 13.0 Å². The lowest BCUT2D eigenvalue weighted by Gasteiger charge is -2.09. The zero-order valence-electron chi connectivity index (χ0n) is 11.0. The van der Waals surface area contributed by atoms with Gasteiger partial charge in [-0.2, -0.15) is 10.5 Å². The van der Waals surface area contributed by atoms with Gasteiger partial charge in [-0.1, -0.05) is 12.1 Å². The Labute approximate surface area is 121 Å². The maximum atomic E-state index is 13.7. The summed E-state index contributed by atoms with van der Waals surface area (Å²) in [6.07, 6.45) is 0.319. The van der Waals surface area contributed by atoms with Crippen molar-refractivity contribution in [1.29, 1.82) is 10.5 Å². The van der Waals surface area contributed by atoms with Gasteiger partial charge in [0.2, 0.25) is 0 Å². The Morgan fingerprint density at radius 1 is 1.00 bits per heavy atom. The summed E-state index contributed by atoms with van der Waals surface area (Å²) < 4.78 is 27.4. The topological polar surface area (TPSA) is 59.6 Å². The molecule has 21 heavy (non-hydrogen) atoms. The van der Waals surface area contributed by atoms with Crippen molar-refractivity contribution in [3.63, 3.8) is 0 Å². The molecule has 0 spiro atoms. The number of rotatable bonds is 4. The Morgan fingerprint density at radius 2 is 1.62 bits per heavy atom. The highest BCUT2D eigenvalue weighted by molar-refractivity contribution is 5.46. The third-order valence-electron chi connectivity index (χ3n) is 2.98. The average molecular weight is 283 g/mol. The van der Waals surface area contributed by atoms with Crippen LogP contribution in [0.2, 0.25) is 0 Å². The van der Waals surface area contributed by atoms with E-state index < -0.39 is 11.6 Å². The monoisotopic (exact) mass is 283 g/mol.